The summed E-state index contributed by atoms with van der Waals surface area (Å²) in [5.74, 6) is -0.703. The van der Waals surface area contributed by atoms with Gasteiger partial charge in [0.25, 0.3) is 11.6 Å². The molecule has 10 heteroatoms. The van der Waals surface area contributed by atoms with Crippen LogP contribution in [0, 0.1) is 15.9 Å². The number of thioether (sulfide) groups is 1. The molecule has 0 aliphatic carbocycles. The van der Waals surface area contributed by atoms with Gasteiger partial charge in [-0.05, 0) is 41.5 Å². The Balaban J connectivity index is 1.61. The molecule has 0 bridgehead atoms. The predicted molar refractivity (Wildman–Crippen MR) is 121 cm³/mol. The van der Waals surface area contributed by atoms with Crippen molar-refractivity contribution in [1.82, 2.24) is 10.9 Å². The zero-order valence-electron chi connectivity index (χ0n) is 17.5. The summed E-state index contributed by atoms with van der Waals surface area (Å²) in [7, 11) is 1.54. The Morgan fingerprint density at radius 3 is 2.45 bits per heavy atom. The number of nitro groups is 1. The number of nitrogens with zero attached hydrogens (tertiary/aromatic N) is 1. The van der Waals surface area contributed by atoms with Crippen molar-refractivity contribution >= 4 is 29.3 Å². The van der Waals surface area contributed by atoms with Crippen molar-refractivity contribution in [2.75, 3.05) is 7.11 Å². The van der Waals surface area contributed by atoms with E-state index in [-0.39, 0.29) is 23.4 Å². The van der Waals surface area contributed by atoms with Gasteiger partial charge in [0, 0.05) is 17.4 Å². The number of carbonyl (C=O) groups is 2. The molecule has 170 valence electrons. The fraction of sp³-hybridized carbons (Fsp3) is 0.130. The lowest BCUT2D eigenvalue weighted by Gasteiger charge is -2.09. The Morgan fingerprint density at radius 2 is 1.79 bits per heavy atom. The van der Waals surface area contributed by atoms with Crippen LogP contribution in [0.15, 0.2) is 71.6 Å². The molecule has 33 heavy (non-hydrogen) atoms. The highest BCUT2D eigenvalue weighted by Gasteiger charge is 2.19. The second-order valence-electron chi connectivity index (χ2n) is 6.85. The lowest BCUT2D eigenvalue weighted by Crippen LogP contribution is -2.42. The van der Waals surface area contributed by atoms with E-state index in [1.807, 2.05) is 0 Å². The lowest BCUT2D eigenvalue weighted by atomic mass is 10.1. The molecule has 0 saturated heterocycles. The van der Waals surface area contributed by atoms with E-state index in [0.29, 0.717) is 16.2 Å². The van der Waals surface area contributed by atoms with E-state index in [9.17, 15) is 24.1 Å². The number of methoxy groups -OCH3 is 1. The van der Waals surface area contributed by atoms with E-state index < -0.39 is 22.6 Å². The number of ether oxygens (including phenoxy) is 1. The first kappa shape index (κ1) is 23.7. The van der Waals surface area contributed by atoms with Crippen LogP contribution in [0.25, 0.3) is 0 Å². The molecule has 0 atom stereocenters. The largest absolute Gasteiger partial charge is 0.497 e. The highest BCUT2D eigenvalue weighted by Crippen LogP contribution is 2.32. The number of hydrazine groups is 1. The molecule has 8 nitrogen and oxygen atoms in total. The van der Waals surface area contributed by atoms with E-state index in [2.05, 4.69) is 10.9 Å². The maximum absolute atomic E-state index is 13.8. The molecule has 2 N–H and O–H groups in total. The second kappa shape index (κ2) is 11.1. The Labute approximate surface area is 193 Å². The van der Waals surface area contributed by atoms with Crippen molar-refractivity contribution in [1.29, 1.82) is 0 Å². The van der Waals surface area contributed by atoms with E-state index in [4.69, 9.17) is 4.74 Å². The summed E-state index contributed by atoms with van der Waals surface area (Å²) >= 11 is 1.09. The number of halogens is 1. The molecular formula is C23H20FN3O5S. The third-order valence-electron chi connectivity index (χ3n) is 4.60. The van der Waals surface area contributed by atoms with Crippen LogP contribution in [0.3, 0.4) is 0 Å². The van der Waals surface area contributed by atoms with Crippen LogP contribution in [0.1, 0.15) is 21.5 Å². The molecule has 0 aliphatic heterocycles. The summed E-state index contributed by atoms with van der Waals surface area (Å²) in [5, 5.41) is 11.5. The van der Waals surface area contributed by atoms with Gasteiger partial charge in [-0.2, -0.15) is 0 Å². The number of nitro benzene ring substituents is 1. The summed E-state index contributed by atoms with van der Waals surface area (Å²) in [4.78, 5) is 35.6. The van der Waals surface area contributed by atoms with E-state index in [1.165, 1.54) is 25.3 Å². The number of benzene rings is 3. The van der Waals surface area contributed by atoms with E-state index >= 15 is 0 Å². The van der Waals surface area contributed by atoms with Crippen LogP contribution >= 0.6 is 11.8 Å². The van der Waals surface area contributed by atoms with Gasteiger partial charge in [0.05, 0.1) is 23.3 Å². The van der Waals surface area contributed by atoms with Gasteiger partial charge in [0.15, 0.2) is 0 Å². The molecule has 0 aromatic heterocycles. The Kier molecular flexibility index (Phi) is 7.98. The maximum atomic E-state index is 13.8. The van der Waals surface area contributed by atoms with Crippen molar-refractivity contribution in [3.05, 3.63) is 99.4 Å². The number of rotatable bonds is 8. The van der Waals surface area contributed by atoms with E-state index in [1.54, 1.807) is 42.5 Å². The van der Waals surface area contributed by atoms with E-state index in [0.717, 1.165) is 23.4 Å². The topological polar surface area (TPSA) is 111 Å². The SMILES string of the molecule is COc1ccc(CC(=O)NNC(=O)c2ccc(SCc3ccccc3F)c([N+](=O)[O-])c2)cc1. The first-order valence-corrected chi connectivity index (χ1v) is 10.7. The van der Waals surface area contributed by atoms with Crippen molar-refractivity contribution in [3.8, 4) is 5.75 Å². The van der Waals surface area contributed by atoms with Crippen molar-refractivity contribution < 1.29 is 23.6 Å². The number of hydrogen-bond donors (Lipinski definition) is 2. The molecule has 0 heterocycles. The van der Waals surface area contributed by atoms with Crippen molar-refractivity contribution in [2.45, 2.75) is 17.1 Å². The van der Waals surface area contributed by atoms with Crippen molar-refractivity contribution in [2.24, 2.45) is 0 Å². The van der Waals surface area contributed by atoms with Gasteiger partial charge in [-0.1, -0.05) is 30.3 Å². The van der Waals surface area contributed by atoms with Gasteiger partial charge >= 0.3 is 0 Å². The molecule has 3 rings (SSSR count). The van der Waals surface area contributed by atoms with Gasteiger partial charge in [0.1, 0.15) is 11.6 Å². The predicted octanol–water partition coefficient (Wildman–Crippen LogP) is 4.04. The summed E-state index contributed by atoms with van der Waals surface area (Å²) in [6.07, 6.45) is 0.0239. The number of nitrogens with one attached hydrogen (secondary N) is 2. The molecule has 0 radical (unpaired) electrons. The monoisotopic (exact) mass is 469 g/mol. The van der Waals surface area contributed by atoms with Crippen LogP contribution in [0.4, 0.5) is 10.1 Å². The van der Waals surface area contributed by atoms with Crippen molar-refractivity contribution in [3.63, 3.8) is 0 Å². The standard InChI is InChI=1S/C23H20FN3O5S/c1-32-18-9-6-15(7-10-18)12-22(28)25-26-23(29)16-8-11-21(20(13-16)27(30)31)33-14-17-4-2-3-5-19(17)24/h2-11,13H,12,14H2,1H3,(H,25,28)(H,26,29). The minimum Gasteiger partial charge on any atom is -0.497 e. The normalized spacial score (nSPS) is 10.4. The van der Waals surface area contributed by atoms with Gasteiger partial charge in [-0.15, -0.1) is 11.8 Å². The zero-order valence-corrected chi connectivity index (χ0v) is 18.4. The van der Waals surface area contributed by atoms with Gasteiger partial charge < -0.3 is 4.74 Å². The van der Waals surface area contributed by atoms with Crippen LogP contribution in [0.2, 0.25) is 0 Å². The van der Waals surface area contributed by atoms with Gasteiger partial charge in [-0.25, -0.2) is 4.39 Å². The highest BCUT2D eigenvalue weighted by molar-refractivity contribution is 7.98. The Morgan fingerprint density at radius 1 is 1.06 bits per heavy atom. The molecule has 3 aromatic rings. The average Bonchev–Trinajstić information content (AvgIpc) is 2.82. The average molecular weight is 469 g/mol. The third-order valence-corrected chi connectivity index (χ3v) is 5.71. The molecule has 0 unspecified atom stereocenters. The minimum absolute atomic E-state index is 0.00156. The molecule has 0 spiro atoms. The Hall–Kier alpha value is -3.92. The van der Waals surface area contributed by atoms with Crippen LogP contribution in [0.5, 0.6) is 5.75 Å². The Bertz CT molecular complexity index is 1170. The smallest absolute Gasteiger partial charge is 0.283 e. The molecule has 3 aromatic carbocycles. The first-order valence-electron chi connectivity index (χ1n) is 9.74. The summed E-state index contributed by atoms with van der Waals surface area (Å²) in [5.41, 5.74) is 5.39. The van der Waals surface area contributed by atoms with Crippen LogP contribution in [-0.2, 0) is 17.0 Å². The maximum Gasteiger partial charge on any atom is 0.283 e. The van der Waals surface area contributed by atoms with Gasteiger partial charge in [0.2, 0.25) is 5.91 Å². The minimum atomic E-state index is -0.702. The molecule has 2 amide bonds. The fourth-order valence-electron chi connectivity index (χ4n) is 2.87. The number of amides is 2. The van der Waals surface area contributed by atoms with Gasteiger partial charge in [-0.3, -0.25) is 30.6 Å². The summed E-state index contributed by atoms with van der Waals surface area (Å²) < 4.78 is 18.9. The summed E-state index contributed by atoms with van der Waals surface area (Å²) in [6.45, 7) is 0. The second-order valence-corrected chi connectivity index (χ2v) is 7.86. The third kappa shape index (κ3) is 6.53. The molecule has 0 fully saturated rings. The quantitative estimate of drug-likeness (QED) is 0.293. The summed E-state index contributed by atoms with van der Waals surface area (Å²) in [6, 6.07) is 17.0. The number of carbonyl (C=O) groups excluding carboxylic acids is 2. The first-order chi connectivity index (χ1) is 15.9. The molecule has 0 aliphatic rings. The van der Waals surface area contributed by atoms with Crippen LogP contribution < -0.4 is 15.6 Å². The molecule has 0 saturated carbocycles. The fourth-order valence-corrected chi connectivity index (χ4v) is 3.86. The highest BCUT2D eigenvalue weighted by atomic mass is 32.2. The number of hydrogen-bond acceptors (Lipinski definition) is 6. The zero-order chi connectivity index (χ0) is 23.8. The lowest BCUT2D eigenvalue weighted by molar-refractivity contribution is -0.387. The molecular weight excluding hydrogens is 449 g/mol. The van der Waals surface area contributed by atoms with Crippen LogP contribution in [-0.4, -0.2) is 23.8 Å².